The van der Waals surface area contributed by atoms with E-state index in [1.165, 1.54) is 7.05 Å². The van der Waals surface area contributed by atoms with Crippen molar-refractivity contribution in [3.05, 3.63) is 0 Å². The number of nitrogens with one attached hydrogen (secondary N) is 2. The molecule has 1 unspecified atom stereocenters. The van der Waals surface area contributed by atoms with Crippen molar-refractivity contribution in [3.8, 4) is 0 Å². The van der Waals surface area contributed by atoms with E-state index in [0.717, 1.165) is 0 Å². The van der Waals surface area contributed by atoms with Crippen molar-refractivity contribution in [2.45, 2.75) is 26.8 Å². The summed E-state index contributed by atoms with van der Waals surface area (Å²) in [5.41, 5.74) is 5.36. The molecular formula is C9H21N3O3S. The van der Waals surface area contributed by atoms with Gasteiger partial charge in [0, 0.05) is 6.54 Å². The first-order valence-electron chi connectivity index (χ1n) is 5.04. The SMILES string of the molecule is CNS(=O)(=O)CCNC(=O)C(N)C(C)(C)C. The molecule has 0 aliphatic rings. The van der Waals surface area contributed by atoms with Gasteiger partial charge in [-0.05, 0) is 12.5 Å². The highest BCUT2D eigenvalue weighted by Crippen LogP contribution is 2.16. The zero-order valence-electron chi connectivity index (χ0n) is 10.2. The van der Waals surface area contributed by atoms with Crippen molar-refractivity contribution in [3.63, 3.8) is 0 Å². The first kappa shape index (κ1) is 15.3. The maximum atomic E-state index is 11.5. The molecule has 0 radical (unpaired) electrons. The van der Waals surface area contributed by atoms with Gasteiger partial charge >= 0.3 is 0 Å². The van der Waals surface area contributed by atoms with Crippen LogP contribution >= 0.6 is 0 Å². The molecule has 1 atom stereocenters. The topological polar surface area (TPSA) is 101 Å². The minimum atomic E-state index is -3.28. The highest BCUT2D eigenvalue weighted by molar-refractivity contribution is 7.89. The number of rotatable bonds is 5. The van der Waals surface area contributed by atoms with Crippen LogP contribution in [0.5, 0.6) is 0 Å². The van der Waals surface area contributed by atoms with E-state index in [2.05, 4.69) is 10.0 Å². The minimum absolute atomic E-state index is 0.0613. The Balaban J connectivity index is 4.11. The van der Waals surface area contributed by atoms with Crippen LogP contribution < -0.4 is 15.8 Å². The lowest BCUT2D eigenvalue weighted by Crippen LogP contribution is -2.49. The van der Waals surface area contributed by atoms with Crippen LogP contribution in [0.4, 0.5) is 0 Å². The third-order valence-corrected chi connectivity index (χ3v) is 3.56. The molecule has 96 valence electrons. The number of amides is 1. The zero-order valence-corrected chi connectivity index (χ0v) is 11.0. The van der Waals surface area contributed by atoms with Crippen molar-refractivity contribution in [2.75, 3.05) is 19.3 Å². The third-order valence-electron chi connectivity index (χ3n) is 2.20. The number of carbonyl (C=O) groups is 1. The average Bonchev–Trinajstić information content (AvgIpc) is 2.14. The summed E-state index contributed by atoms with van der Waals surface area (Å²) in [6.07, 6.45) is 0. The number of sulfonamides is 1. The van der Waals surface area contributed by atoms with Gasteiger partial charge in [-0.15, -0.1) is 0 Å². The van der Waals surface area contributed by atoms with Gasteiger partial charge in [0.1, 0.15) is 0 Å². The van der Waals surface area contributed by atoms with Gasteiger partial charge in [-0.2, -0.15) is 0 Å². The Bertz CT molecular complexity index is 332. The summed E-state index contributed by atoms with van der Waals surface area (Å²) in [5, 5.41) is 2.50. The van der Waals surface area contributed by atoms with Gasteiger partial charge in [-0.1, -0.05) is 20.8 Å². The summed E-state index contributed by atoms with van der Waals surface area (Å²) in [4.78, 5) is 11.5. The number of carbonyl (C=O) groups excluding carboxylic acids is 1. The Hall–Kier alpha value is -0.660. The van der Waals surface area contributed by atoms with Gasteiger partial charge in [-0.3, -0.25) is 4.79 Å². The second-order valence-corrected chi connectivity index (χ2v) is 6.70. The maximum Gasteiger partial charge on any atom is 0.237 e. The van der Waals surface area contributed by atoms with Crippen LogP contribution in [0.25, 0.3) is 0 Å². The molecule has 0 saturated carbocycles. The molecule has 0 aromatic heterocycles. The molecule has 0 fully saturated rings. The Labute approximate surface area is 97.0 Å². The molecule has 7 heteroatoms. The molecule has 1 amide bonds. The van der Waals surface area contributed by atoms with E-state index < -0.39 is 16.1 Å². The second-order valence-electron chi connectivity index (χ2n) is 4.66. The highest BCUT2D eigenvalue weighted by Gasteiger charge is 2.27. The van der Waals surface area contributed by atoms with Gasteiger partial charge in [0.05, 0.1) is 11.8 Å². The largest absolute Gasteiger partial charge is 0.354 e. The van der Waals surface area contributed by atoms with Gasteiger partial charge in [-0.25, -0.2) is 13.1 Å². The standard InChI is InChI=1S/C9H21N3O3S/c1-9(2,3)7(10)8(13)12-5-6-16(14,15)11-4/h7,11H,5-6,10H2,1-4H3,(H,12,13). The Morgan fingerprint density at radius 3 is 2.25 bits per heavy atom. The molecule has 0 heterocycles. The van der Waals surface area contributed by atoms with Gasteiger partial charge < -0.3 is 11.1 Å². The summed E-state index contributed by atoms with van der Waals surface area (Å²) in [5.74, 6) is -0.481. The zero-order chi connectivity index (χ0) is 13.0. The van der Waals surface area contributed by atoms with Crippen LogP contribution in [0.2, 0.25) is 0 Å². The van der Waals surface area contributed by atoms with Crippen molar-refractivity contribution < 1.29 is 13.2 Å². The van der Waals surface area contributed by atoms with Crippen molar-refractivity contribution in [1.82, 2.24) is 10.0 Å². The fourth-order valence-electron chi connectivity index (χ4n) is 0.914. The molecule has 0 aliphatic carbocycles. The third kappa shape index (κ3) is 5.43. The molecule has 0 aliphatic heterocycles. The molecule has 0 rings (SSSR count). The number of nitrogens with two attached hydrogens (primary N) is 1. The molecule has 0 spiro atoms. The molecule has 16 heavy (non-hydrogen) atoms. The molecule has 0 saturated heterocycles. The quantitative estimate of drug-likeness (QED) is 0.585. The summed E-state index contributed by atoms with van der Waals surface area (Å²) < 4.78 is 24.3. The predicted molar refractivity (Wildman–Crippen MR) is 63.3 cm³/mol. The smallest absolute Gasteiger partial charge is 0.237 e. The monoisotopic (exact) mass is 251 g/mol. The van der Waals surface area contributed by atoms with Crippen LogP contribution in [0.1, 0.15) is 20.8 Å². The first-order chi connectivity index (χ1) is 7.10. The van der Waals surface area contributed by atoms with Gasteiger partial charge in [0.25, 0.3) is 0 Å². The van der Waals surface area contributed by atoms with Crippen molar-refractivity contribution >= 4 is 15.9 Å². The van der Waals surface area contributed by atoms with Crippen LogP contribution in [0.3, 0.4) is 0 Å². The van der Waals surface area contributed by atoms with Gasteiger partial charge in [0.2, 0.25) is 15.9 Å². The van der Waals surface area contributed by atoms with Crippen LogP contribution in [-0.2, 0) is 14.8 Å². The first-order valence-corrected chi connectivity index (χ1v) is 6.70. The number of hydrogen-bond acceptors (Lipinski definition) is 4. The van der Waals surface area contributed by atoms with Gasteiger partial charge in [0.15, 0.2) is 0 Å². The van der Waals surface area contributed by atoms with E-state index in [1.807, 2.05) is 20.8 Å². The van der Waals surface area contributed by atoms with E-state index in [0.29, 0.717) is 0 Å². The molecule has 0 aromatic rings. The van der Waals surface area contributed by atoms with Crippen LogP contribution in [0.15, 0.2) is 0 Å². The van der Waals surface area contributed by atoms with Crippen LogP contribution in [0, 0.1) is 5.41 Å². The fourth-order valence-corrected chi connectivity index (χ4v) is 1.49. The molecule has 0 aromatic carbocycles. The number of hydrogen-bond donors (Lipinski definition) is 3. The van der Waals surface area contributed by atoms with E-state index in [4.69, 9.17) is 5.73 Å². The maximum absolute atomic E-state index is 11.5. The second kappa shape index (κ2) is 5.60. The summed E-state index contributed by atoms with van der Waals surface area (Å²) >= 11 is 0. The Morgan fingerprint density at radius 1 is 1.38 bits per heavy atom. The summed E-state index contributed by atoms with van der Waals surface area (Å²) in [6.45, 7) is 5.61. The molecular weight excluding hydrogens is 230 g/mol. The fraction of sp³-hybridized carbons (Fsp3) is 0.889. The molecule has 4 N–H and O–H groups in total. The highest BCUT2D eigenvalue weighted by atomic mass is 32.2. The van der Waals surface area contributed by atoms with Crippen LogP contribution in [-0.4, -0.2) is 39.7 Å². The average molecular weight is 251 g/mol. The summed E-state index contributed by atoms with van der Waals surface area (Å²) in [6, 6.07) is -0.648. The van der Waals surface area contributed by atoms with E-state index in [9.17, 15) is 13.2 Å². The van der Waals surface area contributed by atoms with E-state index in [-0.39, 0.29) is 23.6 Å². The lowest BCUT2D eigenvalue weighted by molar-refractivity contribution is -0.124. The summed E-state index contributed by atoms with van der Waals surface area (Å²) in [7, 11) is -1.95. The molecule has 0 bridgehead atoms. The predicted octanol–water partition coefficient (Wildman–Crippen LogP) is -0.975. The normalized spacial score (nSPS) is 14.6. The lowest BCUT2D eigenvalue weighted by atomic mass is 9.87. The van der Waals surface area contributed by atoms with Crippen molar-refractivity contribution in [2.24, 2.45) is 11.1 Å². The Kier molecular flexibility index (Phi) is 5.37. The lowest BCUT2D eigenvalue weighted by Gasteiger charge is -2.25. The van der Waals surface area contributed by atoms with Crippen molar-refractivity contribution in [1.29, 1.82) is 0 Å². The molecule has 6 nitrogen and oxygen atoms in total. The van der Waals surface area contributed by atoms with E-state index >= 15 is 0 Å². The van der Waals surface area contributed by atoms with E-state index in [1.54, 1.807) is 0 Å². The Morgan fingerprint density at radius 2 is 1.88 bits per heavy atom. The minimum Gasteiger partial charge on any atom is -0.354 e.